The van der Waals surface area contributed by atoms with Crippen molar-refractivity contribution in [2.75, 3.05) is 39.1 Å². The number of thioether (sulfide) groups is 1. The summed E-state index contributed by atoms with van der Waals surface area (Å²) in [6.45, 7) is 2.89. The molecule has 0 saturated carbocycles. The fraction of sp³-hybridized carbons (Fsp3) is 0.462. The Morgan fingerprint density at radius 2 is 2.06 bits per heavy atom. The first-order valence-corrected chi connectivity index (χ1v) is 13.0. The summed E-state index contributed by atoms with van der Waals surface area (Å²) in [5.74, 6) is 1.62. The van der Waals surface area contributed by atoms with Crippen LogP contribution in [-0.4, -0.2) is 59.1 Å². The van der Waals surface area contributed by atoms with Crippen LogP contribution in [0.1, 0.15) is 37.4 Å². The first kappa shape index (κ1) is 25.2. The molecule has 8 heteroatoms. The van der Waals surface area contributed by atoms with E-state index >= 15 is 4.39 Å². The molecular weight excluding hydrogens is 473 g/mol. The normalized spacial score (nSPS) is 17.1. The minimum Gasteiger partial charge on any atom is -0.497 e. The molecule has 0 bridgehead atoms. The first-order valence-electron chi connectivity index (χ1n) is 11.7. The molecule has 1 atom stereocenters. The third kappa shape index (κ3) is 6.00. The van der Waals surface area contributed by atoms with Gasteiger partial charge in [0.25, 0.3) is 0 Å². The minimum atomic E-state index is -1.23. The summed E-state index contributed by atoms with van der Waals surface area (Å²) in [5, 5.41) is 12.3. The molecule has 0 spiro atoms. The lowest BCUT2D eigenvalue weighted by Crippen LogP contribution is -2.42. The van der Waals surface area contributed by atoms with Crippen LogP contribution in [0.15, 0.2) is 53.8 Å². The highest BCUT2D eigenvalue weighted by Crippen LogP contribution is 2.41. The Hall–Kier alpha value is -1.93. The number of aliphatic hydroxyl groups excluding tert-OH is 1. The van der Waals surface area contributed by atoms with Gasteiger partial charge in [-0.1, -0.05) is 17.7 Å². The van der Waals surface area contributed by atoms with Crippen LogP contribution in [0, 0.1) is 5.41 Å². The maximum absolute atomic E-state index is 15.6. The number of pyridine rings is 2. The van der Waals surface area contributed by atoms with E-state index in [1.54, 1.807) is 24.9 Å². The average Bonchev–Trinajstić information content (AvgIpc) is 2.88. The second-order valence-electron chi connectivity index (χ2n) is 8.93. The third-order valence-electron chi connectivity index (χ3n) is 6.86. The monoisotopic (exact) mass is 503 g/mol. The van der Waals surface area contributed by atoms with Crippen molar-refractivity contribution in [3.63, 3.8) is 0 Å². The molecule has 1 aliphatic heterocycles. The lowest BCUT2D eigenvalue weighted by atomic mass is 9.74. The Bertz CT molecular complexity index is 1080. The van der Waals surface area contributed by atoms with Crippen LogP contribution in [0.3, 0.4) is 0 Å². The zero-order valence-corrected chi connectivity index (χ0v) is 21.0. The lowest BCUT2D eigenvalue weighted by Gasteiger charge is -2.41. The van der Waals surface area contributed by atoms with Gasteiger partial charge in [0.05, 0.1) is 22.7 Å². The van der Waals surface area contributed by atoms with Gasteiger partial charge in [0, 0.05) is 42.2 Å². The number of nitrogens with zero attached hydrogens (tertiary/aromatic N) is 3. The molecule has 0 unspecified atom stereocenters. The largest absolute Gasteiger partial charge is 0.497 e. The average molecular weight is 504 g/mol. The predicted molar refractivity (Wildman–Crippen MR) is 137 cm³/mol. The molecule has 3 heterocycles. The first-order chi connectivity index (χ1) is 16.5. The lowest BCUT2D eigenvalue weighted by molar-refractivity contribution is 0.0323. The van der Waals surface area contributed by atoms with Gasteiger partial charge in [-0.3, -0.25) is 4.98 Å². The highest BCUT2D eigenvalue weighted by atomic mass is 35.5. The van der Waals surface area contributed by atoms with Crippen LogP contribution >= 0.6 is 23.4 Å². The molecule has 0 radical (unpaired) electrons. The highest BCUT2D eigenvalue weighted by Gasteiger charge is 2.35. The molecule has 4 rings (SSSR count). The summed E-state index contributed by atoms with van der Waals surface area (Å²) < 4.78 is 20.9. The van der Waals surface area contributed by atoms with E-state index in [0.717, 1.165) is 43.3 Å². The van der Waals surface area contributed by atoms with Crippen molar-refractivity contribution in [1.82, 2.24) is 14.9 Å². The number of likely N-dealkylation sites (tertiary alicyclic amines) is 1. The Balaban J connectivity index is 1.34. The van der Waals surface area contributed by atoms with Crippen LogP contribution in [-0.2, 0) is 0 Å². The number of hydrogen-bond acceptors (Lipinski definition) is 6. The molecule has 1 aliphatic rings. The van der Waals surface area contributed by atoms with Crippen LogP contribution in [0.25, 0.3) is 10.9 Å². The van der Waals surface area contributed by atoms with Crippen molar-refractivity contribution in [2.24, 2.45) is 5.41 Å². The maximum Gasteiger partial charge on any atom is 0.127 e. The van der Waals surface area contributed by atoms with Crippen molar-refractivity contribution >= 4 is 34.3 Å². The summed E-state index contributed by atoms with van der Waals surface area (Å²) in [7, 11) is 1.58. The van der Waals surface area contributed by atoms with Crippen molar-refractivity contribution in [2.45, 2.75) is 36.9 Å². The number of hydrogen-bond donors (Lipinski definition) is 1. The molecule has 0 aliphatic carbocycles. The van der Waals surface area contributed by atoms with E-state index in [0.29, 0.717) is 40.1 Å². The molecule has 1 saturated heterocycles. The van der Waals surface area contributed by atoms with Crippen LogP contribution in [0.2, 0.25) is 5.02 Å². The van der Waals surface area contributed by atoms with E-state index in [1.165, 1.54) is 6.20 Å². The molecule has 2 aromatic heterocycles. The summed E-state index contributed by atoms with van der Waals surface area (Å²) in [4.78, 5) is 11.1. The smallest absolute Gasteiger partial charge is 0.127 e. The number of methoxy groups -OCH3 is 1. The zero-order valence-electron chi connectivity index (χ0n) is 19.4. The SMILES string of the molecule is COc1ccc2ncc(Cl)c([C@H](F)CCC3(CO)CCN(CCSc4ccccn4)CC3)c2c1. The van der Waals surface area contributed by atoms with E-state index in [4.69, 9.17) is 16.3 Å². The van der Waals surface area contributed by atoms with Crippen molar-refractivity contribution in [1.29, 1.82) is 0 Å². The summed E-state index contributed by atoms with van der Waals surface area (Å²) >= 11 is 8.15. The molecule has 0 amide bonds. The number of halogens is 2. The van der Waals surface area contributed by atoms with Crippen molar-refractivity contribution in [3.8, 4) is 5.75 Å². The second-order valence-corrected chi connectivity index (χ2v) is 10.4. The van der Waals surface area contributed by atoms with Crippen LogP contribution < -0.4 is 4.74 Å². The van der Waals surface area contributed by atoms with Gasteiger partial charge in [-0.05, 0) is 74.5 Å². The van der Waals surface area contributed by atoms with Gasteiger partial charge >= 0.3 is 0 Å². The fourth-order valence-electron chi connectivity index (χ4n) is 4.64. The molecule has 1 N–H and O–H groups in total. The van der Waals surface area contributed by atoms with Crippen LogP contribution in [0.5, 0.6) is 5.75 Å². The Morgan fingerprint density at radius 1 is 1.24 bits per heavy atom. The van der Waals surface area contributed by atoms with Crippen molar-refractivity contribution < 1.29 is 14.2 Å². The fourth-order valence-corrected chi connectivity index (χ4v) is 5.78. The molecule has 182 valence electrons. The van der Waals surface area contributed by atoms with Gasteiger partial charge in [0.1, 0.15) is 11.9 Å². The van der Waals surface area contributed by atoms with Gasteiger partial charge in [-0.2, -0.15) is 0 Å². The topological polar surface area (TPSA) is 58.5 Å². The van der Waals surface area contributed by atoms with E-state index in [-0.39, 0.29) is 12.0 Å². The van der Waals surface area contributed by atoms with E-state index in [1.807, 2.05) is 36.5 Å². The Morgan fingerprint density at radius 3 is 2.76 bits per heavy atom. The minimum absolute atomic E-state index is 0.0783. The van der Waals surface area contributed by atoms with Crippen LogP contribution in [0.4, 0.5) is 4.39 Å². The van der Waals surface area contributed by atoms with Crippen molar-refractivity contribution in [3.05, 3.63) is 59.4 Å². The quantitative estimate of drug-likeness (QED) is 0.345. The number of rotatable bonds is 10. The number of ether oxygens (including phenoxy) is 1. The van der Waals surface area contributed by atoms with Gasteiger partial charge in [0.2, 0.25) is 0 Å². The Labute approximate surface area is 209 Å². The Kier molecular flexibility index (Phi) is 8.64. The number of benzene rings is 1. The molecule has 3 aromatic rings. The molecular formula is C26H31ClFN3O2S. The number of fused-ring (bicyclic) bond motifs is 1. The standard InChI is InChI=1S/C26H31ClFN3O2S/c1-33-19-5-6-23-20(16-19)25(21(27)17-30-23)22(28)7-8-26(18-32)9-12-31(13-10-26)14-15-34-24-4-2-3-11-29-24/h2-6,11,16-17,22,32H,7-10,12-15,18H2,1H3/t22-/m1/s1. The van der Waals surface area contributed by atoms with E-state index < -0.39 is 6.17 Å². The van der Waals surface area contributed by atoms with Gasteiger partial charge < -0.3 is 14.7 Å². The molecule has 1 fully saturated rings. The third-order valence-corrected chi connectivity index (χ3v) is 8.08. The number of piperidine rings is 1. The van der Waals surface area contributed by atoms with E-state index in [2.05, 4.69) is 14.9 Å². The van der Waals surface area contributed by atoms with Gasteiger partial charge in [0.15, 0.2) is 0 Å². The molecule has 34 heavy (non-hydrogen) atoms. The number of alkyl halides is 1. The van der Waals surface area contributed by atoms with E-state index in [9.17, 15) is 5.11 Å². The number of aromatic nitrogens is 2. The number of aliphatic hydroxyl groups is 1. The second kappa shape index (κ2) is 11.7. The summed E-state index contributed by atoms with van der Waals surface area (Å²) in [6.07, 6.45) is 4.75. The van der Waals surface area contributed by atoms with Gasteiger partial charge in [-0.15, -0.1) is 11.8 Å². The summed E-state index contributed by atoms with van der Waals surface area (Å²) in [5.41, 5.74) is 0.904. The summed E-state index contributed by atoms with van der Waals surface area (Å²) in [6, 6.07) is 11.4. The molecule has 1 aromatic carbocycles. The highest BCUT2D eigenvalue weighted by molar-refractivity contribution is 7.99. The molecule has 5 nitrogen and oxygen atoms in total. The maximum atomic E-state index is 15.6. The van der Waals surface area contributed by atoms with Gasteiger partial charge in [-0.25, -0.2) is 9.37 Å². The zero-order chi connectivity index (χ0) is 24.0. The predicted octanol–water partition coefficient (Wildman–Crippen LogP) is 5.95.